The van der Waals surface area contributed by atoms with Gasteiger partial charge in [0.25, 0.3) is 11.8 Å². The van der Waals surface area contributed by atoms with Crippen molar-refractivity contribution in [3.63, 3.8) is 0 Å². The van der Waals surface area contributed by atoms with Gasteiger partial charge >= 0.3 is 0 Å². The van der Waals surface area contributed by atoms with Gasteiger partial charge in [-0.3, -0.25) is 9.59 Å². The molecule has 2 atom stereocenters. The van der Waals surface area contributed by atoms with Crippen LogP contribution in [-0.4, -0.2) is 45.4 Å². The Morgan fingerprint density at radius 3 is 2.64 bits per heavy atom. The third-order valence-electron chi connectivity index (χ3n) is 7.32. The Kier molecular flexibility index (Phi) is 10.1. The van der Waals surface area contributed by atoms with E-state index in [1.54, 1.807) is 37.4 Å². The molecule has 1 aliphatic rings. The van der Waals surface area contributed by atoms with Crippen molar-refractivity contribution in [2.24, 2.45) is 0 Å². The number of nitrogens with zero attached hydrogens (tertiary/aromatic N) is 2. The van der Waals surface area contributed by atoms with Gasteiger partial charge in [0.1, 0.15) is 28.9 Å². The van der Waals surface area contributed by atoms with E-state index in [9.17, 15) is 18.4 Å². The number of halogens is 3. The van der Waals surface area contributed by atoms with Crippen LogP contribution in [0.5, 0.6) is 0 Å². The number of aromatic amines is 1. The quantitative estimate of drug-likeness (QED) is 0.179. The van der Waals surface area contributed by atoms with Crippen LogP contribution >= 0.6 is 9.24 Å². The number of hydrogen-bond acceptors (Lipinski definition) is 4. The van der Waals surface area contributed by atoms with E-state index in [0.29, 0.717) is 34.8 Å². The van der Waals surface area contributed by atoms with Crippen molar-refractivity contribution >= 4 is 43.8 Å². The minimum atomic E-state index is -1.53. The predicted molar refractivity (Wildman–Crippen MR) is 172 cm³/mol. The normalized spacial score (nSPS) is 16.9. The van der Waals surface area contributed by atoms with E-state index in [1.807, 2.05) is 19.9 Å². The lowest BCUT2D eigenvalue weighted by Crippen LogP contribution is -2.36. The van der Waals surface area contributed by atoms with Gasteiger partial charge in [0.05, 0.1) is 23.9 Å². The van der Waals surface area contributed by atoms with E-state index in [1.165, 1.54) is 24.0 Å². The molecule has 0 saturated carbocycles. The molecule has 44 heavy (non-hydrogen) atoms. The van der Waals surface area contributed by atoms with Gasteiger partial charge in [-0.05, 0) is 56.0 Å². The summed E-state index contributed by atoms with van der Waals surface area (Å²) >= 11 is 0. The Bertz CT molecular complexity index is 1660. The molecule has 2 unspecified atom stereocenters. The summed E-state index contributed by atoms with van der Waals surface area (Å²) < 4.78 is 45.0. The number of carbonyl (C=O) groups is 2. The van der Waals surface area contributed by atoms with Crippen molar-refractivity contribution in [2.45, 2.75) is 52.8 Å². The fraction of sp³-hybridized carbons (Fsp3) is 0.303. The molecule has 0 radical (unpaired) electrons. The third kappa shape index (κ3) is 7.48. The number of amides is 2. The van der Waals surface area contributed by atoms with Crippen molar-refractivity contribution in [3.05, 3.63) is 100 Å². The highest BCUT2D eigenvalue weighted by atomic mass is 31.0. The number of alkyl halides is 1. The molecule has 2 heterocycles. The highest BCUT2D eigenvalue weighted by molar-refractivity contribution is 7.27. The number of aryl methyl sites for hydroxylation is 1. The molecule has 232 valence electrons. The van der Waals surface area contributed by atoms with Crippen LogP contribution < -0.4 is 15.9 Å². The minimum absolute atomic E-state index is 0.0267. The zero-order valence-electron chi connectivity index (χ0n) is 25.3. The highest BCUT2D eigenvalue weighted by Crippen LogP contribution is 2.28. The maximum atomic E-state index is 16.0. The van der Waals surface area contributed by atoms with E-state index in [2.05, 4.69) is 36.4 Å². The number of allylic oxidation sites excluding steroid dienone is 4. The maximum absolute atomic E-state index is 16.0. The summed E-state index contributed by atoms with van der Waals surface area (Å²) in [5.74, 6) is -1.31. The van der Waals surface area contributed by atoms with Crippen LogP contribution in [0, 0.1) is 18.6 Å². The van der Waals surface area contributed by atoms with Gasteiger partial charge in [-0.2, -0.15) is 0 Å². The van der Waals surface area contributed by atoms with Crippen LogP contribution in [0.4, 0.5) is 19.0 Å². The topological polar surface area (TPSA) is 90.1 Å². The number of hydrogen-bond donors (Lipinski definition) is 3. The van der Waals surface area contributed by atoms with Crippen LogP contribution in [0.2, 0.25) is 0 Å². The van der Waals surface area contributed by atoms with Crippen molar-refractivity contribution in [1.82, 2.24) is 20.2 Å². The van der Waals surface area contributed by atoms with Gasteiger partial charge in [-0.1, -0.05) is 43.9 Å². The number of benzene rings is 2. The second-order valence-corrected chi connectivity index (χ2v) is 11.8. The Labute approximate surface area is 257 Å². The molecule has 3 N–H and O–H groups in total. The maximum Gasteiger partial charge on any atom is 0.255 e. The van der Waals surface area contributed by atoms with Crippen LogP contribution in [0.3, 0.4) is 0 Å². The van der Waals surface area contributed by atoms with Gasteiger partial charge in [-0.25, -0.2) is 18.2 Å². The number of carbonyl (C=O) groups excluding carboxylic acids is 2. The summed E-state index contributed by atoms with van der Waals surface area (Å²) in [6, 6.07) is 5.89. The van der Waals surface area contributed by atoms with Gasteiger partial charge in [-0.15, -0.1) is 9.24 Å². The lowest BCUT2D eigenvalue weighted by Gasteiger charge is -2.21. The highest BCUT2D eigenvalue weighted by Gasteiger charge is 2.37. The van der Waals surface area contributed by atoms with E-state index < -0.39 is 29.1 Å². The Morgan fingerprint density at radius 1 is 1.23 bits per heavy atom. The Hall–Kier alpha value is -4.17. The first-order chi connectivity index (χ1) is 20.8. The van der Waals surface area contributed by atoms with E-state index in [4.69, 9.17) is 0 Å². The van der Waals surface area contributed by atoms with Crippen LogP contribution in [0.25, 0.3) is 11.6 Å². The van der Waals surface area contributed by atoms with Crippen LogP contribution in [0.15, 0.2) is 54.9 Å². The molecule has 4 rings (SSSR count). The van der Waals surface area contributed by atoms with E-state index >= 15 is 4.39 Å². The van der Waals surface area contributed by atoms with Crippen LogP contribution in [0.1, 0.15) is 76.8 Å². The smallest absolute Gasteiger partial charge is 0.255 e. The first-order valence-electron chi connectivity index (χ1n) is 14.3. The molecule has 0 spiro atoms. The lowest BCUT2D eigenvalue weighted by atomic mass is 9.96. The first-order valence-corrected chi connectivity index (χ1v) is 14.9. The largest absolute Gasteiger partial charge is 0.348 e. The second-order valence-electron chi connectivity index (χ2n) is 11.2. The minimum Gasteiger partial charge on any atom is -0.348 e. The fourth-order valence-corrected chi connectivity index (χ4v) is 5.51. The lowest BCUT2D eigenvalue weighted by molar-refractivity contribution is 0.0759. The molecule has 0 bridgehead atoms. The molecular formula is C33H37F3N5O2P. The number of likely N-dealkylation sites (tertiary alicyclic amines) is 1. The molecule has 2 amide bonds. The fourth-order valence-electron chi connectivity index (χ4n) is 5.10. The number of nitrogens with one attached hydrogen (secondary N) is 3. The third-order valence-corrected chi connectivity index (χ3v) is 7.88. The summed E-state index contributed by atoms with van der Waals surface area (Å²) in [4.78, 5) is 35.5. The summed E-state index contributed by atoms with van der Waals surface area (Å²) in [6.45, 7) is 10.5. The van der Waals surface area contributed by atoms with Crippen molar-refractivity contribution in [3.8, 4) is 0 Å². The Balaban J connectivity index is 1.58. The molecular weight excluding hydrogens is 586 g/mol. The molecule has 1 fully saturated rings. The standard InChI is InChI=1S/C33H37F3N5O2P/c1-6-7-21(10-13-25-37-17-26(40-25)39-19(2)3)23-11-8-20(4)27(29(23)35)31(42)38-16-22-9-12-24(34)30(44)28(22)32(43)41-15-14-33(5,36)18-41/h7-13,17,39H,2,6,14-16,18,44H2,1,3-5H3,(H,37,40)(H,38,42)/b13-10-,21-7-. The zero-order chi connectivity index (χ0) is 32.2. The number of imidazole rings is 1. The van der Waals surface area contributed by atoms with Crippen molar-refractivity contribution in [1.29, 1.82) is 0 Å². The number of aromatic nitrogens is 2. The van der Waals surface area contributed by atoms with Gasteiger partial charge in [0, 0.05) is 36.1 Å². The molecule has 11 heteroatoms. The molecule has 1 aliphatic heterocycles. The van der Waals surface area contributed by atoms with Gasteiger partial charge in [0.2, 0.25) is 0 Å². The van der Waals surface area contributed by atoms with Crippen molar-refractivity contribution in [2.75, 3.05) is 18.4 Å². The number of anilines is 1. The average molecular weight is 624 g/mol. The van der Waals surface area contributed by atoms with E-state index in [0.717, 1.165) is 5.70 Å². The molecule has 1 aromatic heterocycles. The SMILES string of the molecule is C=C(C)Nc1cnc(/C=C\C(=C\CC)c2ccc(C)c(C(=O)NCc3ccc(F)c(P)c3C(=O)N3CCC(C)(F)C3)c2F)[nH]1. The van der Waals surface area contributed by atoms with Crippen LogP contribution in [-0.2, 0) is 6.54 Å². The molecule has 1 saturated heterocycles. The summed E-state index contributed by atoms with van der Waals surface area (Å²) in [7, 11) is 2.22. The van der Waals surface area contributed by atoms with E-state index in [-0.39, 0.29) is 48.0 Å². The summed E-state index contributed by atoms with van der Waals surface area (Å²) in [5, 5.41) is 5.76. The number of rotatable bonds is 10. The second kappa shape index (κ2) is 13.6. The molecule has 7 nitrogen and oxygen atoms in total. The average Bonchev–Trinajstić information content (AvgIpc) is 3.56. The zero-order valence-corrected chi connectivity index (χ0v) is 26.4. The first kappa shape index (κ1) is 32.7. The monoisotopic (exact) mass is 623 g/mol. The molecule has 0 aliphatic carbocycles. The number of H-pyrrole nitrogens is 1. The van der Waals surface area contributed by atoms with Gasteiger partial charge < -0.3 is 20.5 Å². The summed E-state index contributed by atoms with van der Waals surface area (Å²) in [5.41, 5.74) is 0.677. The summed E-state index contributed by atoms with van der Waals surface area (Å²) in [6.07, 6.45) is 7.70. The van der Waals surface area contributed by atoms with Crippen molar-refractivity contribution < 1.29 is 22.8 Å². The predicted octanol–water partition coefficient (Wildman–Crippen LogP) is 6.45. The molecule has 2 aromatic carbocycles. The Morgan fingerprint density at radius 2 is 1.98 bits per heavy atom. The van der Waals surface area contributed by atoms with Gasteiger partial charge in [0.15, 0.2) is 0 Å². The molecule has 3 aromatic rings.